The van der Waals surface area contributed by atoms with Gasteiger partial charge in [0.05, 0.1) is 0 Å². The molecule has 0 aliphatic rings. The zero-order valence-electron chi connectivity index (χ0n) is 10.9. The molecule has 0 fully saturated rings. The van der Waals surface area contributed by atoms with E-state index in [2.05, 4.69) is 4.98 Å². The molecule has 0 aliphatic heterocycles. The molecule has 3 aromatic rings. The smallest absolute Gasteiger partial charge is 0.253 e. The topological polar surface area (TPSA) is 56.9 Å². The maximum Gasteiger partial charge on any atom is 0.253 e. The highest BCUT2D eigenvalue weighted by atomic mass is 16.5. The van der Waals surface area contributed by atoms with Gasteiger partial charge >= 0.3 is 0 Å². The van der Waals surface area contributed by atoms with Crippen molar-refractivity contribution in [2.75, 3.05) is 0 Å². The van der Waals surface area contributed by atoms with Crippen LogP contribution in [0.15, 0.2) is 54.6 Å². The van der Waals surface area contributed by atoms with Crippen molar-refractivity contribution in [3.05, 3.63) is 65.5 Å². The van der Waals surface area contributed by atoms with Crippen molar-refractivity contribution in [2.24, 2.45) is 0 Å². The molecule has 20 heavy (non-hydrogen) atoms. The number of para-hydroxylation sites is 2. The molecule has 0 atom stereocenters. The third kappa shape index (κ3) is 1.91. The van der Waals surface area contributed by atoms with Crippen molar-refractivity contribution in [1.82, 2.24) is 4.98 Å². The minimum absolute atomic E-state index is 0.199. The zero-order valence-corrected chi connectivity index (χ0v) is 10.9. The minimum Gasteiger partial charge on any atom is -0.618 e. The first-order chi connectivity index (χ1) is 9.68. The van der Waals surface area contributed by atoms with Crippen LogP contribution in [0.2, 0.25) is 0 Å². The van der Waals surface area contributed by atoms with Gasteiger partial charge in [-0.05, 0) is 18.2 Å². The minimum atomic E-state index is -0.223. The maximum atomic E-state index is 12.6. The predicted molar refractivity (Wildman–Crippen MR) is 76.1 cm³/mol. The molecule has 4 heteroatoms. The molecule has 4 nitrogen and oxygen atoms in total. The Kier molecular flexibility index (Phi) is 2.91. The monoisotopic (exact) mass is 264 g/mol. The van der Waals surface area contributed by atoms with Crippen LogP contribution in [0.25, 0.3) is 22.3 Å². The Morgan fingerprint density at radius 2 is 1.70 bits per heavy atom. The first-order valence-corrected chi connectivity index (χ1v) is 6.27. The van der Waals surface area contributed by atoms with Gasteiger partial charge in [-0.15, -0.1) is 0 Å². The van der Waals surface area contributed by atoms with Crippen LogP contribution in [0.4, 0.5) is 0 Å². The summed E-state index contributed by atoms with van der Waals surface area (Å²) in [4.78, 5) is 16.2. The van der Waals surface area contributed by atoms with Gasteiger partial charge in [-0.3, -0.25) is 4.79 Å². The van der Waals surface area contributed by atoms with Crippen LogP contribution in [0.5, 0.6) is 0 Å². The number of ketones is 1. The first-order valence-electron chi connectivity index (χ1n) is 6.27. The van der Waals surface area contributed by atoms with E-state index in [1.165, 1.54) is 6.92 Å². The molecule has 0 radical (unpaired) electrons. The lowest BCUT2D eigenvalue weighted by Gasteiger charge is -2.10. The SMILES string of the molecule is CC(=O)c1nc2ccccc2[n+]([O-])c1-c1ccccc1. The molecule has 0 saturated carbocycles. The lowest BCUT2D eigenvalue weighted by atomic mass is 10.1. The maximum absolute atomic E-state index is 12.6. The highest BCUT2D eigenvalue weighted by Crippen LogP contribution is 2.21. The largest absolute Gasteiger partial charge is 0.618 e. The Labute approximate surface area is 115 Å². The van der Waals surface area contributed by atoms with E-state index >= 15 is 0 Å². The summed E-state index contributed by atoms with van der Waals surface area (Å²) in [6, 6.07) is 16.1. The highest BCUT2D eigenvalue weighted by Gasteiger charge is 2.23. The molecule has 1 heterocycles. The van der Waals surface area contributed by atoms with Gasteiger partial charge in [0.25, 0.3) is 5.69 Å². The van der Waals surface area contributed by atoms with Gasteiger partial charge in [-0.25, -0.2) is 4.98 Å². The Bertz CT molecular complexity index is 798. The standard InChI is InChI=1S/C16H12N2O2/c1-11(19)15-16(12-7-3-2-4-8-12)18(20)14-10-6-5-9-13(14)17-15/h2-10H,1H3. The number of aromatic nitrogens is 2. The van der Waals surface area contributed by atoms with Crippen LogP contribution in [0, 0.1) is 5.21 Å². The van der Waals surface area contributed by atoms with Gasteiger partial charge in [0, 0.05) is 18.6 Å². The summed E-state index contributed by atoms with van der Waals surface area (Å²) >= 11 is 0. The summed E-state index contributed by atoms with van der Waals surface area (Å²) in [5.41, 5.74) is 2.16. The summed E-state index contributed by atoms with van der Waals surface area (Å²) in [5, 5.41) is 12.6. The van der Waals surface area contributed by atoms with E-state index in [9.17, 15) is 10.0 Å². The highest BCUT2D eigenvalue weighted by molar-refractivity contribution is 5.98. The summed E-state index contributed by atoms with van der Waals surface area (Å²) < 4.78 is 0.786. The van der Waals surface area contributed by atoms with Gasteiger partial charge in [-0.1, -0.05) is 30.3 Å². The Hall–Kier alpha value is -2.75. The Balaban J connectivity index is 2.42. The van der Waals surface area contributed by atoms with Crippen molar-refractivity contribution in [2.45, 2.75) is 6.92 Å². The number of nitrogens with zero attached hydrogens (tertiary/aromatic N) is 2. The number of fused-ring (bicyclic) bond motifs is 1. The average molecular weight is 264 g/mol. The molecule has 0 N–H and O–H groups in total. The molecule has 0 amide bonds. The molecule has 98 valence electrons. The van der Waals surface area contributed by atoms with Gasteiger partial charge in [0.15, 0.2) is 11.5 Å². The second kappa shape index (κ2) is 4.74. The third-order valence-electron chi connectivity index (χ3n) is 3.14. The fourth-order valence-corrected chi connectivity index (χ4v) is 2.22. The molecule has 1 aromatic heterocycles. The average Bonchev–Trinajstić information content (AvgIpc) is 2.48. The molecule has 2 aromatic carbocycles. The number of carbonyl (C=O) groups excluding carboxylic acids is 1. The van der Waals surface area contributed by atoms with E-state index < -0.39 is 0 Å². The normalized spacial score (nSPS) is 10.7. The molecule has 0 spiro atoms. The summed E-state index contributed by atoms with van der Waals surface area (Å²) in [6.07, 6.45) is 0. The van der Waals surface area contributed by atoms with Crippen molar-refractivity contribution in [1.29, 1.82) is 0 Å². The van der Waals surface area contributed by atoms with Crippen LogP contribution in [-0.4, -0.2) is 10.8 Å². The molecular formula is C16H12N2O2. The van der Waals surface area contributed by atoms with E-state index in [0.717, 1.165) is 4.73 Å². The van der Waals surface area contributed by atoms with E-state index in [1.54, 1.807) is 36.4 Å². The van der Waals surface area contributed by atoms with Crippen molar-refractivity contribution in [3.8, 4) is 11.3 Å². The van der Waals surface area contributed by atoms with Crippen molar-refractivity contribution >= 4 is 16.8 Å². The second-order valence-electron chi connectivity index (χ2n) is 4.51. The lowest BCUT2D eigenvalue weighted by molar-refractivity contribution is -0.565. The number of hydrogen-bond donors (Lipinski definition) is 0. The summed E-state index contributed by atoms with van der Waals surface area (Å²) in [5.74, 6) is -0.223. The molecule has 0 unspecified atom stereocenters. The Morgan fingerprint density at radius 3 is 2.40 bits per heavy atom. The molecule has 0 bridgehead atoms. The second-order valence-corrected chi connectivity index (χ2v) is 4.51. The van der Waals surface area contributed by atoms with Gasteiger partial charge < -0.3 is 5.21 Å². The Morgan fingerprint density at radius 1 is 1.05 bits per heavy atom. The van der Waals surface area contributed by atoms with Crippen LogP contribution in [0.3, 0.4) is 0 Å². The molecule has 3 rings (SSSR count). The predicted octanol–water partition coefficient (Wildman–Crippen LogP) is 2.74. The number of benzene rings is 2. The molecule has 0 saturated heterocycles. The molecular weight excluding hydrogens is 252 g/mol. The van der Waals surface area contributed by atoms with E-state index in [0.29, 0.717) is 22.3 Å². The van der Waals surface area contributed by atoms with Gasteiger partial charge in [0.2, 0.25) is 5.52 Å². The van der Waals surface area contributed by atoms with E-state index in [-0.39, 0.29) is 11.5 Å². The number of Topliss-reactive ketones (excluding diaryl/α,β-unsaturated/α-hetero) is 1. The van der Waals surface area contributed by atoms with Crippen molar-refractivity contribution in [3.63, 3.8) is 0 Å². The number of hydrogen-bond acceptors (Lipinski definition) is 3. The van der Waals surface area contributed by atoms with Crippen LogP contribution >= 0.6 is 0 Å². The number of rotatable bonds is 2. The first kappa shape index (κ1) is 12.3. The van der Waals surface area contributed by atoms with Crippen molar-refractivity contribution < 1.29 is 9.52 Å². The third-order valence-corrected chi connectivity index (χ3v) is 3.14. The fourth-order valence-electron chi connectivity index (χ4n) is 2.22. The van der Waals surface area contributed by atoms with Gasteiger partial charge in [0.1, 0.15) is 5.52 Å². The fraction of sp³-hybridized carbons (Fsp3) is 0.0625. The molecule has 0 aliphatic carbocycles. The van der Waals surface area contributed by atoms with E-state index in [4.69, 9.17) is 0 Å². The summed E-state index contributed by atoms with van der Waals surface area (Å²) in [6.45, 7) is 1.42. The lowest BCUT2D eigenvalue weighted by Crippen LogP contribution is -2.33. The van der Waals surface area contributed by atoms with Crippen LogP contribution < -0.4 is 4.73 Å². The zero-order chi connectivity index (χ0) is 14.1. The quantitative estimate of drug-likeness (QED) is 0.406. The van der Waals surface area contributed by atoms with E-state index in [1.807, 2.05) is 18.2 Å². The summed E-state index contributed by atoms with van der Waals surface area (Å²) in [7, 11) is 0. The van der Waals surface area contributed by atoms with Crippen LogP contribution in [-0.2, 0) is 0 Å². The van der Waals surface area contributed by atoms with Gasteiger partial charge in [-0.2, -0.15) is 4.73 Å². The van der Waals surface area contributed by atoms with Crippen LogP contribution in [0.1, 0.15) is 17.4 Å². The number of carbonyl (C=O) groups is 1.